The number of hydrogen-bond donors (Lipinski definition) is 4. The lowest BCUT2D eigenvalue weighted by molar-refractivity contribution is -0.394. The normalized spacial score (nSPS) is 14.6. The summed E-state index contributed by atoms with van der Waals surface area (Å²) in [5.74, 6) is 0.845. The summed E-state index contributed by atoms with van der Waals surface area (Å²) in [4.78, 5) is 44.4. The van der Waals surface area contributed by atoms with Crippen LogP contribution in [0.1, 0.15) is 104 Å². The zero-order valence-electron chi connectivity index (χ0n) is 43.4. The van der Waals surface area contributed by atoms with E-state index in [2.05, 4.69) is 72.6 Å². The van der Waals surface area contributed by atoms with Crippen molar-refractivity contribution in [1.29, 1.82) is 0 Å². The quantitative estimate of drug-likeness (QED) is 0.0625. The Morgan fingerprint density at radius 1 is 0.455 bits per heavy atom. The van der Waals surface area contributed by atoms with Crippen LogP contribution in [0.3, 0.4) is 0 Å². The van der Waals surface area contributed by atoms with Crippen LogP contribution in [0.5, 0.6) is 23.0 Å². The van der Waals surface area contributed by atoms with Crippen LogP contribution in [0.25, 0.3) is 0 Å². The number of non-ortho nitro benzene ring substituents is 2. The molecule has 0 saturated carbocycles. The van der Waals surface area contributed by atoms with Crippen LogP contribution >= 0.6 is 0 Å². The van der Waals surface area contributed by atoms with E-state index in [1.165, 1.54) is 0 Å². The van der Waals surface area contributed by atoms with Gasteiger partial charge in [-0.25, -0.2) is 0 Å². The van der Waals surface area contributed by atoms with Crippen LogP contribution in [0, 0.1) is 40.5 Å². The monoisotopic (exact) mass is 1050 g/mol. The van der Waals surface area contributed by atoms with Gasteiger partial charge in [0.1, 0.15) is 36.2 Å². The molecule has 4 N–H and O–H groups in total. The second-order valence-corrected chi connectivity index (χ2v) is 21.0. The number of phenols is 2. The Labute approximate surface area is 442 Å². The van der Waals surface area contributed by atoms with Crippen molar-refractivity contribution in [2.75, 3.05) is 39.4 Å². The van der Waals surface area contributed by atoms with Crippen molar-refractivity contribution >= 4 is 45.5 Å². The predicted molar refractivity (Wildman–Crippen MR) is 287 cm³/mol. The topological polar surface area (TPSA) is 305 Å². The molecular formula is C55H58N10O12. The molecule has 10 bridgehead atoms. The molecule has 0 spiro atoms. The first kappa shape index (κ1) is 54.5. The number of azo groups is 2. The molecule has 0 unspecified atom stereocenters. The molecule has 77 heavy (non-hydrogen) atoms. The van der Waals surface area contributed by atoms with Gasteiger partial charge in [-0.15, -0.1) is 10.2 Å². The molecule has 1 heterocycles. The second-order valence-electron chi connectivity index (χ2n) is 21.0. The SMILES string of the molecule is CC(C)(C)c1cc2c3c(c1)Cc1cc(N=Nc4ccc([N+](=O)[O-])cc4[N+](=O)[O-])cc(c1O)Cc1cc(C(C)(C)C)cc(c1OCCNCCCNCCO3)Cc1cc(N=Nc3ccc([N+](=O)[O-])cc3[N+](=O)[O-])cc(c1O)C2. The van der Waals surface area contributed by atoms with E-state index in [1.54, 1.807) is 24.3 Å². The smallest absolute Gasteiger partial charge is 0.303 e. The zero-order valence-corrected chi connectivity index (χ0v) is 43.4. The molecule has 0 atom stereocenters. The van der Waals surface area contributed by atoms with Gasteiger partial charge in [-0.05, 0) is 100 Å². The molecule has 0 amide bonds. The standard InChI is InChI=1S/C55H58N10O12/c1-54(2,3)40-22-36-18-32-26-42(58-60-46-10-8-44(62(68)69)30-48(46)64(72)73)28-34(50(32)66)20-38-24-41(55(4,5)6)25-39-21-35-29-43(59-61-47-11-9-45(63(70)71)31-49(47)65(74)75)27-33(51(35)67)19-37(23-40)52(36)76-16-14-56-12-7-13-57-15-17-77-53(38)39/h8-11,22-31,56-57,66-67H,7,12-21H2,1-6H3. The number of nitrogens with one attached hydrogen (secondary N) is 2. The minimum atomic E-state index is -0.767. The number of fused-ring (bicyclic) bond motifs is 2. The number of nitro groups is 4. The molecular weight excluding hydrogens is 993 g/mol. The van der Waals surface area contributed by atoms with E-state index < -0.39 is 53.3 Å². The van der Waals surface area contributed by atoms with Gasteiger partial charge in [0.05, 0.1) is 43.2 Å². The third-order valence-electron chi connectivity index (χ3n) is 13.3. The molecule has 6 aromatic carbocycles. The summed E-state index contributed by atoms with van der Waals surface area (Å²) < 4.78 is 13.5. The van der Waals surface area contributed by atoms with Gasteiger partial charge < -0.3 is 30.3 Å². The zero-order chi connectivity index (χ0) is 55.3. The van der Waals surface area contributed by atoms with Gasteiger partial charge in [-0.1, -0.05) is 65.8 Å². The molecule has 0 aromatic heterocycles. The number of benzene rings is 6. The van der Waals surface area contributed by atoms with Gasteiger partial charge in [0, 0.05) is 73.2 Å². The van der Waals surface area contributed by atoms with Gasteiger partial charge in [0.2, 0.25) is 0 Å². The van der Waals surface area contributed by atoms with E-state index in [0.717, 1.165) is 53.9 Å². The van der Waals surface area contributed by atoms with E-state index in [-0.39, 0.29) is 73.1 Å². The van der Waals surface area contributed by atoms with E-state index >= 15 is 0 Å². The Bertz CT molecular complexity index is 3070. The first-order chi connectivity index (χ1) is 36.5. The van der Waals surface area contributed by atoms with Crippen molar-refractivity contribution in [1.82, 2.24) is 10.6 Å². The van der Waals surface area contributed by atoms with Crippen molar-refractivity contribution in [2.45, 2.75) is 84.5 Å². The molecule has 1 aliphatic heterocycles. The molecule has 22 heteroatoms. The Kier molecular flexibility index (Phi) is 16.0. The van der Waals surface area contributed by atoms with Gasteiger partial charge in [0.25, 0.3) is 11.4 Å². The number of hydrogen-bond acceptors (Lipinski definition) is 18. The maximum absolute atomic E-state index is 12.6. The van der Waals surface area contributed by atoms with Gasteiger partial charge in [0.15, 0.2) is 11.4 Å². The highest BCUT2D eigenvalue weighted by atomic mass is 16.6. The largest absolute Gasteiger partial charge is 0.507 e. The highest BCUT2D eigenvalue weighted by Crippen LogP contribution is 2.44. The molecule has 1 aliphatic carbocycles. The van der Waals surface area contributed by atoms with Crippen molar-refractivity contribution in [3.63, 3.8) is 0 Å². The number of ether oxygens (including phenoxy) is 2. The van der Waals surface area contributed by atoms with E-state index in [1.807, 2.05) is 24.3 Å². The van der Waals surface area contributed by atoms with Crippen molar-refractivity contribution < 1.29 is 39.4 Å². The number of nitro benzene ring substituents is 4. The highest BCUT2D eigenvalue weighted by Gasteiger charge is 2.28. The lowest BCUT2D eigenvalue weighted by atomic mass is 9.81. The van der Waals surface area contributed by atoms with Crippen LogP contribution in [0.4, 0.5) is 45.5 Å². The molecule has 0 fully saturated rings. The van der Waals surface area contributed by atoms with Crippen LogP contribution < -0.4 is 20.1 Å². The maximum Gasteiger partial charge on any atom is 0.303 e. The van der Waals surface area contributed by atoms with Crippen LogP contribution in [-0.4, -0.2) is 69.3 Å². The van der Waals surface area contributed by atoms with Gasteiger partial charge in [-0.2, -0.15) is 10.2 Å². The molecule has 0 saturated heterocycles. The van der Waals surface area contributed by atoms with E-state index in [4.69, 9.17) is 9.47 Å². The molecule has 2 aliphatic rings. The van der Waals surface area contributed by atoms with Crippen molar-refractivity contribution in [3.05, 3.63) is 181 Å². The Hall–Kier alpha value is -8.76. The fourth-order valence-electron chi connectivity index (χ4n) is 9.20. The minimum absolute atomic E-state index is 0.0523. The molecule has 400 valence electrons. The number of phenolic OH excluding ortho intramolecular Hbond substituents is 2. The second kappa shape index (κ2) is 22.6. The Balaban J connectivity index is 1.41. The summed E-state index contributed by atoms with van der Waals surface area (Å²) in [5, 5.41) is 96.9. The van der Waals surface area contributed by atoms with Crippen molar-refractivity contribution in [2.24, 2.45) is 20.5 Å². The minimum Gasteiger partial charge on any atom is -0.507 e. The van der Waals surface area contributed by atoms with Gasteiger partial charge in [-0.3, -0.25) is 40.5 Å². The average Bonchev–Trinajstić information content (AvgIpc) is 3.41. The van der Waals surface area contributed by atoms with Gasteiger partial charge >= 0.3 is 11.4 Å². The Morgan fingerprint density at radius 2 is 0.792 bits per heavy atom. The van der Waals surface area contributed by atoms with Crippen LogP contribution in [0.15, 0.2) is 105 Å². The number of nitrogens with zero attached hydrogens (tertiary/aromatic N) is 8. The number of rotatable bonds is 8. The molecule has 0 radical (unpaired) electrons. The summed E-state index contributed by atoms with van der Waals surface area (Å²) >= 11 is 0. The maximum atomic E-state index is 12.6. The third-order valence-corrected chi connectivity index (χ3v) is 13.3. The predicted octanol–water partition coefficient (Wildman–Crippen LogP) is 12.2. The fraction of sp³-hybridized carbons (Fsp3) is 0.345. The summed E-state index contributed by atoms with van der Waals surface area (Å²) in [7, 11) is 0. The summed E-state index contributed by atoms with van der Waals surface area (Å²) in [6.45, 7) is 15.1. The van der Waals surface area contributed by atoms with E-state index in [9.17, 15) is 50.7 Å². The lowest BCUT2D eigenvalue weighted by Crippen LogP contribution is -2.28. The van der Waals surface area contributed by atoms with E-state index in [0.29, 0.717) is 82.2 Å². The molecule has 22 nitrogen and oxygen atoms in total. The summed E-state index contributed by atoms with van der Waals surface area (Å²) in [6.07, 6.45) is 1.12. The third kappa shape index (κ3) is 12.8. The van der Waals surface area contributed by atoms with Crippen LogP contribution in [0.2, 0.25) is 0 Å². The molecule has 6 aromatic rings. The fourth-order valence-corrected chi connectivity index (χ4v) is 9.20. The lowest BCUT2D eigenvalue weighted by Gasteiger charge is -2.26. The van der Waals surface area contributed by atoms with Crippen molar-refractivity contribution in [3.8, 4) is 23.0 Å². The first-order valence-corrected chi connectivity index (χ1v) is 24.9. The van der Waals surface area contributed by atoms with Crippen LogP contribution in [-0.2, 0) is 36.5 Å². The average molecular weight is 1050 g/mol. The highest BCUT2D eigenvalue weighted by molar-refractivity contribution is 5.65. The first-order valence-electron chi connectivity index (χ1n) is 24.9. The summed E-state index contributed by atoms with van der Waals surface area (Å²) in [6, 6.07) is 20.8. The Morgan fingerprint density at radius 3 is 1.09 bits per heavy atom. The summed E-state index contributed by atoms with van der Waals surface area (Å²) in [5.41, 5.74) is 2.99. The molecule has 8 rings (SSSR count). The number of aromatic hydroxyl groups is 2.